The molecule has 11 rings (SSSR count). The summed E-state index contributed by atoms with van der Waals surface area (Å²) in [6.45, 7) is 0. The van der Waals surface area contributed by atoms with Crippen LogP contribution >= 0.6 is 11.3 Å². The lowest BCUT2D eigenvalue weighted by molar-refractivity contribution is 0.669. The summed E-state index contributed by atoms with van der Waals surface area (Å²) < 4.78 is 8.87. The topological polar surface area (TPSA) is 51.8 Å². The first-order valence-electron chi connectivity index (χ1n) is 17.4. The minimum Gasteiger partial charge on any atom is -0.456 e. The summed E-state index contributed by atoms with van der Waals surface area (Å²) in [5.74, 6) is 1.86. The zero-order chi connectivity index (χ0) is 34.2. The lowest BCUT2D eigenvalue weighted by Gasteiger charge is -2.14. The zero-order valence-electron chi connectivity index (χ0n) is 27.7. The van der Waals surface area contributed by atoms with Crippen LogP contribution in [0.1, 0.15) is 0 Å². The van der Waals surface area contributed by atoms with Crippen molar-refractivity contribution >= 4 is 75.0 Å². The van der Waals surface area contributed by atoms with Crippen LogP contribution in [0.25, 0.3) is 109 Å². The number of hydrogen-bond donors (Lipinski definition) is 0. The van der Waals surface area contributed by atoms with E-state index >= 15 is 0 Å². The Balaban J connectivity index is 1.14. The van der Waals surface area contributed by atoms with Crippen molar-refractivity contribution in [2.75, 3.05) is 0 Å². The van der Waals surface area contributed by atoms with E-state index in [1.165, 1.54) is 42.1 Å². The van der Waals surface area contributed by atoms with Crippen LogP contribution in [0, 0.1) is 0 Å². The lowest BCUT2D eigenvalue weighted by atomic mass is 9.92. The van der Waals surface area contributed by atoms with E-state index in [0.717, 1.165) is 49.4 Å². The van der Waals surface area contributed by atoms with Crippen LogP contribution in [0.2, 0.25) is 0 Å². The van der Waals surface area contributed by atoms with Gasteiger partial charge >= 0.3 is 0 Å². The minimum absolute atomic E-state index is 0.607. The van der Waals surface area contributed by atoms with Gasteiger partial charge in [-0.3, -0.25) is 0 Å². The van der Waals surface area contributed by atoms with Crippen molar-refractivity contribution in [3.8, 4) is 45.3 Å². The molecule has 0 saturated carbocycles. The normalized spacial score (nSPS) is 11.8. The van der Waals surface area contributed by atoms with Gasteiger partial charge in [0.1, 0.15) is 11.2 Å². The van der Waals surface area contributed by atoms with E-state index < -0.39 is 0 Å². The summed E-state index contributed by atoms with van der Waals surface area (Å²) in [5.41, 5.74) is 6.83. The number of furan rings is 1. The molecule has 0 bridgehead atoms. The molecule has 4 nitrogen and oxygen atoms in total. The molecule has 0 aliphatic carbocycles. The quantitative estimate of drug-likeness (QED) is 0.185. The second-order valence-corrected chi connectivity index (χ2v) is 14.2. The molecule has 0 amide bonds. The van der Waals surface area contributed by atoms with E-state index in [1.54, 1.807) is 0 Å². The van der Waals surface area contributed by atoms with Crippen molar-refractivity contribution in [3.05, 3.63) is 164 Å². The van der Waals surface area contributed by atoms with Gasteiger partial charge in [-0.1, -0.05) is 133 Å². The second kappa shape index (κ2) is 11.4. The predicted molar refractivity (Wildman–Crippen MR) is 217 cm³/mol. The van der Waals surface area contributed by atoms with Crippen molar-refractivity contribution < 1.29 is 4.42 Å². The number of aromatic nitrogens is 3. The highest BCUT2D eigenvalue weighted by Gasteiger charge is 2.19. The van der Waals surface area contributed by atoms with Crippen LogP contribution in [0.4, 0.5) is 0 Å². The van der Waals surface area contributed by atoms with Gasteiger partial charge in [-0.25, -0.2) is 15.0 Å². The van der Waals surface area contributed by atoms with Crippen molar-refractivity contribution in [2.24, 2.45) is 0 Å². The molecular weight excluding hydrogens is 655 g/mol. The standard InChI is InChI=1S/C47H27N3OS/c1-2-12-28(13-3-1)45-48-46(50-47(49-45)37-22-11-24-41-44(37)36-16-4-6-23-40(36)51-41)35-21-10-19-30-31(18-9-20-32(30)35)33-17-8-14-29-26-39-34-15-5-7-25-42(34)52-43(39)27-38(29)33/h1-27H. The molecular formula is C47H27N3OS. The molecule has 8 aromatic carbocycles. The highest BCUT2D eigenvalue weighted by atomic mass is 32.1. The lowest BCUT2D eigenvalue weighted by Crippen LogP contribution is -2.01. The van der Waals surface area contributed by atoms with Gasteiger partial charge in [-0.15, -0.1) is 11.3 Å². The fourth-order valence-electron chi connectivity index (χ4n) is 7.77. The summed E-state index contributed by atoms with van der Waals surface area (Å²) in [4.78, 5) is 15.5. The first kappa shape index (κ1) is 29.1. The van der Waals surface area contributed by atoms with Crippen molar-refractivity contribution in [2.45, 2.75) is 0 Å². The van der Waals surface area contributed by atoms with Crippen molar-refractivity contribution in [1.29, 1.82) is 0 Å². The number of para-hydroxylation sites is 1. The van der Waals surface area contributed by atoms with Gasteiger partial charge in [-0.2, -0.15) is 0 Å². The zero-order valence-corrected chi connectivity index (χ0v) is 28.6. The average Bonchev–Trinajstić information content (AvgIpc) is 3.77. The maximum atomic E-state index is 6.26. The summed E-state index contributed by atoms with van der Waals surface area (Å²) in [7, 11) is 0. The molecule has 0 atom stereocenters. The Hall–Kier alpha value is -6.69. The Kier molecular flexibility index (Phi) is 6.39. The van der Waals surface area contributed by atoms with Gasteiger partial charge in [-0.05, 0) is 63.0 Å². The minimum atomic E-state index is 0.607. The van der Waals surface area contributed by atoms with Gasteiger partial charge < -0.3 is 4.42 Å². The molecule has 0 spiro atoms. The van der Waals surface area contributed by atoms with Gasteiger partial charge in [0, 0.05) is 47.6 Å². The van der Waals surface area contributed by atoms with E-state index in [9.17, 15) is 0 Å². The Morgan fingerprint density at radius 2 is 0.962 bits per heavy atom. The average molecular weight is 682 g/mol. The molecule has 5 heteroatoms. The van der Waals surface area contributed by atoms with Gasteiger partial charge in [0.2, 0.25) is 0 Å². The van der Waals surface area contributed by atoms with E-state index in [1.807, 2.05) is 72.0 Å². The van der Waals surface area contributed by atoms with Crippen LogP contribution in [0.5, 0.6) is 0 Å². The molecule has 11 aromatic rings. The highest BCUT2D eigenvalue weighted by molar-refractivity contribution is 7.25. The van der Waals surface area contributed by atoms with E-state index in [2.05, 4.69) is 103 Å². The number of nitrogens with zero attached hydrogens (tertiary/aromatic N) is 3. The van der Waals surface area contributed by atoms with Gasteiger partial charge in [0.05, 0.1) is 0 Å². The first-order chi connectivity index (χ1) is 25.8. The molecule has 0 saturated heterocycles. The molecule has 0 fully saturated rings. The molecule has 0 aliphatic rings. The number of hydrogen-bond acceptors (Lipinski definition) is 5. The maximum Gasteiger partial charge on any atom is 0.164 e. The third kappa shape index (κ3) is 4.50. The van der Waals surface area contributed by atoms with Crippen LogP contribution in [0.15, 0.2) is 168 Å². The third-order valence-corrected chi connectivity index (χ3v) is 11.3. The first-order valence-corrected chi connectivity index (χ1v) is 18.2. The SMILES string of the molecule is c1ccc(-c2nc(-c3cccc4c(-c5cccc6cc7c(cc56)sc5ccccc57)cccc34)nc(-c3cccc4oc5ccccc5c34)n2)cc1. The van der Waals surface area contributed by atoms with Crippen LogP contribution in [-0.2, 0) is 0 Å². The fraction of sp³-hybridized carbons (Fsp3) is 0. The molecule has 0 unspecified atom stereocenters. The predicted octanol–water partition coefficient (Wildman–Crippen LogP) is 13.1. The van der Waals surface area contributed by atoms with Crippen LogP contribution in [-0.4, -0.2) is 15.0 Å². The smallest absolute Gasteiger partial charge is 0.164 e. The van der Waals surface area contributed by atoms with E-state index in [4.69, 9.17) is 19.4 Å². The summed E-state index contributed by atoms with van der Waals surface area (Å²) in [5, 5.41) is 9.37. The van der Waals surface area contributed by atoms with Crippen LogP contribution < -0.4 is 0 Å². The third-order valence-electron chi connectivity index (χ3n) is 10.1. The Morgan fingerprint density at radius 1 is 0.365 bits per heavy atom. The number of benzene rings is 8. The molecule has 0 N–H and O–H groups in total. The molecule has 0 radical (unpaired) electrons. The summed E-state index contributed by atoms with van der Waals surface area (Å²) >= 11 is 1.86. The Morgan fingerprint density at radius 3 is 1.83 bits per heavy atom. The number of fused-ring (bicyclic) bond motifs is 8. The van der Waals surface area contributed by atoms with E-state index in [0.29, 0.717) is 17.5 Å². The molecule has 0 aliphatic heterocycles. The number of rotatable bonds is 4. The number of thiophene rings is 1. The highest BCUT2D eigenvalue weighted by Crippen LogP contribution is 2.42. The van der Waals surface area contributed by atoms with Gasteiger partial charge in [0.25, 0.3) is 0 Å². The molecule has 242 valence electrons. The van der Waals surface area contributed by atoms with Crippen molar-refractivity contribution in [3.63, 3.8) is 0 Å². The summed E-state index contributed by atoms with van der Waals surface area (Å²) in [6.07, 6.45) is 0. The second-order valence-electron chi connectivity index (χ2n) is 13.1. The van der Waals surface area contributed by atoms with Crippen molar-refractivity contribution in [1.82, 2.24) is 15.0 Å². The monoisotopic (exact) mass is 681 g/mol. The maximum absolute atomic E-state index is 6.26. The molecule has 3 aromatic heterocycles. The molecule has 52 heavy (non-hydrogen) atoms. The van der Waals surface area contributed by atoms with Gasteiger partial charge in [0.15, 0.2) is 17.5 Å². The largest absolute Gasteiger partial charge is 0.456 e. The summed E-state index contributed by atoms with van der Waals surface area (Å²) in [6, 6.07) is 57.4. The van der Waals surface area contributed by atoms with E-state index in [-0.39, 0.29) is 0 Å². The Bertz CT molecular complexity index is 3200. The Labute approximate surface area is 302 Å². The van der Waals surface area contributed by atoms with Crippen LogP contribution in [0.3, 0.4) is 0 Å². The molecule has 3 heterocycles. The fourth-order valence-corrected chi connectivity index (χ4v) is 8.89.